The molecule has 19 heavy (non-hydrogen) atoms. The van der Waals surface area contributed by atoms with Crippen molar-refractivity contribution in [2.75, 3.05) is 14.2 Å². The molecule has 0 bridgehead atoms. The van der Waals surface area contributed by atoms with Crippen LogP contribution in [0.3, 0.4) is 0 Å². The number of methoxy groups -OCH3 is 2. The number of hydrogen-bond donors (Lipinski definition) is 0. The van der Waals surface area contributed by atoms with Crippen LogP contribution in [-0.4, -0.2) is 50.7 Å². The molecule has 1 saturated heterocycles. The Labute approximate surface area is 109 Å². The number of nitrogens with zero attached hydrogens (tertiary/aromatic N) is 3. The zero-order chi connectivity index (χ0) is 14.4. The SMILES string of the molecule is COC(=O)[C@H]1O[C@H](OC)C[C@@H](N=[N+]=[N-])[C@@H]1OC(C)=O. The van der Waals surface area contributed by atoms with Crippen molar-refractivity contribution in [2.45, 2.75) is 37.9 Å². The van der Waals surface area contributed by atoms with Crippen molar-refractivity contribution >= 4 is 11.9 Å². The molecule has 4 atom stereocenters. The van der Waals surface area contributed by atoms with Crippen molar-refractivity contribution in [3.8, 4) is 0 Å². The summed E-state index contributed by atoms with van der Waals surface area (Å²) in [6.45, 7) is 1.18. The van der Waals surface area contributed by atoms with Gasteiger partial charge in [-0.2, -0.15) is 0 Å². The van der Waals surface area contributed by atoms with E-state index in [0.29, 0.717) is 0 Å². The Morgan fingerprint density at radius 3 is 2.58 bits per heavy atom. The molecule has 0 aromatic rings. The highest BCUT2D eigenvalue weighted by Gasteiger charge is 2.45. The van der Waals surface area contributed by atoms with E-state index >= 15 is 0 Å². The molecule has 1 aliphatic rings. The number of azide groups is 1. The summed E-state index contributed by atoms with van der Waals surface area (Å²) >= 11 is 0. The Hall–Kier alpha value is -1.83. The molecule has 0 aliphatic carbocycles. The van der Waals surface area contributed by atoms with Crippen LogP contribution >= 0.6 is 0 Å². The molecular formula is C10H15N3O6. The predicted octanol–water partition coefficient (Wildman–Crippen LogP) is 0.531. The van der Waals surface area contributed by atoms with E-state index in [1.807, 2.05) is 0 Å². The van der Waals surface area contributed by atoms with E-state index in [2.05, 4.69) is 14.8 Å². The van der Waals surface area contributed by atoms with E-state index in [4.69, 9.17) is 19.7 Å². The Kier molecular flexibility index (Phi) is 5.56. The predicted molar refractivity (Wildman–Crippen MR) is 60.8 cm³/mol. The maximum absolute atomic E-state index is 11.6. The van der Waals surface area contributed by atoms with Gasteiger partial charge < -0.3 is 18.9 Å². The van der Waals surface area contributed by atoms with Crippen molar-refractivity contribution < 1.29 is 28.5 Å². The van der Waals surface area contributed by atoms with Gasteiger partial charge in [-0.25, -0.2) is 4.79 Å². The second-order valence-electron chi connectivity index (χ2n) is 3.83. The zero-order valence-electron chi connectivity index (χ0n) is 10.8. The van der Waals surface area contributed by atoms with Crippen molar-refractivity contribution in [2.24, 2.45) is 5.11 Å². The van der Waals surface area contributed by atoms with Crippen molar-refractivity contribution in [1.82, 2.24) is 0 Å². The van der Waals surface area contributed by atoms with Crippen LogP contribution in [0.2, 0.25) is 0 Å². The lowest BCUT2D eigenvalue weighted by Gasteiger charge is -2.37. The van der Waals surface area contributed by atoms with Crippen molar-refractivity contribution in [3.05, 3.63) is 10.4 Å². The molecule has 9 nitrogen and oxygen atoms in total. The minimum atomic E-state index is -1.19. The van der Waals surface area contributed by atoms with Crippen molar-refractivity contribution in [1.29, 1.82) is 0 Å². The molecular weight excluding hydrogens is 258 g/mol. The van der Waals surface area contributed by atoms with Gasteiger partial charge in [0.2, 0.25) is 0 Å². The molecule has 1 rings (SSSR count). The monoisotopic (exact) mass is 273 g/mol. The standard InChI is InChI=1S/C10H15N3O6/c1-5(14)18-8-6(12-13-11)4-7(16-2)19-9(8)10(15)17-3/h6-9H,4H2,1-3H3/t6-,7+,8+,9+/m1/s1. The summed E-state index contributed by atoms with van der Waals surface area (Å²) in [7, 11) is 2.56. The van der Waals surface area contributed by atoms with Crippen LogP contribution < -0.4 is 0 Å². The number of ether oxygens (including phenoxy) is 4. The largest absolute Gasteiger partial charge is 0.467 e. The van der Waals surface area contributed by atoms with Gasteiger partial charge in [0.1, 0.15) is 6.10 Å². The minimum Gasteiger partial charge on any atom is -0.467 e. The lowest BCUT2D eigenvalue weighted by Crippen LogP contribution is -2.53. The van der Waals surface area contributed by atoms with Gasteiger partial charge in [0, 0.05) is 25.4 Å². The Balaban J connectivity index is 3.01. The maximum atomic E-state index is 11.6. The van der Waals surface area contributed by atoms with Gasteiger partial charge >= 0.3 is 11.9 Å². The highest BCUT2D eigenvalue weighted by Crippen LogP contribution is 2.26. The number of carbonyl (C=O) groups is 2. The van der Waals surface area contributed by atoms with E-state index in [0.717, 1.165) is 0 Å². The lowest BCUT2D eigenvalue weighted by molar-refractivity contribution is -0.231. The van der Waals surface area contributed by atoms with Gasteiger partial charge in [0.15, 0.2) is 12.4 Å². The second-order valence-corrected chi connectivity index (χ2v) is 3.83. The first-order valence-corrected chi connectivity index (χ1v) is 5.51. The average molecular weight is 273 g/mol. The number of esters is 2. The molecule has 0 radical (unpaired) electrons. The third-order valence-corrected chi connectivity index (χ3v) is 2.61. The van der Waals surface area contributed by atoms with E-state index in [9.17, 15) is 9.59 Å². The quantitative estimate of drug-likeness (QED) is 0.319. The number of rotatable bonds is 4. The van der Waals surface area contributed by atoms with Gasteiger partial charge in [-0.05, 0) is 5.53 Å². The second kappa shape index (κ2) is 6.93. The first-order valence-electron chi connectivity index (χ1n) is 5.51. The molecule has 0 spiro atoms. The maximum Gasteiger partial charge on any atom is 0.339 e. The van der Waals surface area contributed by atoms with Crippen molar-refractivity contribution in [3.63, 3.8) is 0 Å². The molecule has 0 amide bonds. The molecule has 0 saturated carbocycles. The normalized spacial score (nSPS) is 30.1. The Morgan fingerprint density at radius 1 is 1.42 bits per heavy atom. The van der Waals surface area contributed by atoms with Gasteiger partial charge in [-0.3, -0.25) is 4.79 Å². The molecule has 0 unspecified atom stereocenters. The fourth-order valence-corrected chi connectivity index (χ4v) is 1.80. The fraction of sp³-hybridized carbons (Fsp3) is 0.800. The highest BCUT2D eigenvalue weighted by atomic mass is 16.7. The summed E-state index contributed by atoms with van der Waals surface area (Å²) in [6.07, 6.45) is -2.80. The smallest absolute Gasteiger partial charge is 0.339 e. The minimum absolute atomic E-state index is 0.173. The summed E-state index contributed by atoms with van der Waals surface area (Å²) < 4.78 is 19.9. The van der Waals surface area contributed by atoms with Crippen LogP contribution in [0.1, 0.15) is 13.3 Å². The zero-order valence-corrected chi connectivity index (χ0v) is 10.8. The van der Waals surface area contributed by atoms with Gasteiger partial charge in [0.05, 0.1) is 13.2 Å². The molecule has 0 aromatic carbocycles. The van der Waals surface area contributed by atoms with E-state index in [1.54, 1.807) is 0 Å². The molecule has 1 aliphatic heterocycles. The number of hydrogen-bond acceptors (Lipinski definition) is 7. The first kappa shape index (κ1) is 15.2. The average Bonchev–Trinajstić information content (AvgIpc) is 2.39. The van der Waals surface area contributed by atoms with Gasteiger partial charge in [-0.15, -0.1) is 0 Å². The Morgan fingerprint density at radius 2 is 2.11 bits per heavy atom. The Bertz CT molecular complexity index is 395. The molecule has 106 valence electrons. The topological polar surface area (TPSA) is 120 Å². The summed E-state index contributed by atoms with van der Waals surface area (Å²) in [4.78, 5) is 25.4. The third-order valence-electron chi connectivity index (χ3n) is 2.61. The summed E-state index contributed by atoms with van der Waals surface area (Å²) in [6, 6.07) is -0.767. The number of carbonyl (C=O) groups excluding carboxylic acids is 2. The van der Waals surface area contributed by atoms with Crippen LogP contribution in [0.25, 0.3) is 10.4 Å². The highest BCUT2D eigenvalue weighted by molar-refractivity contribution is 5.76. The van der Waals surface area contributed by atoms with Crippen LogP contribution in [0.15, 0.2) is 5.11 Å². The molecule has 0 aromatic heterocycles. The van der Waals surface area contributed by atoms with Crippen LogP contribution in [0.5, 0.6) is 0 Å². The third kappa shape index (κ3) is 3.82. The van der Waals surface area contributed by atoms with Gasteiger partial charge in [-0.1, -0.05) is 5.11 Å². The van der Waals surface area contributed by atoms with E-state index in [-0.39, 0.29) is 6.42 Å². The van der Waals surface area contributed by atoms with E-state index in [1.165, 1.54) is 21.1 Å². The summed E-state index contributed by atoms with van der Waals surface area (Å²) in [5.74, 6) is -1.34. The lowest BCUT2D eigenvalue weighted by atomic mass is 9.99. The summed E-state index contributed by atoms with van der Waals surface area (Å²) in [5, 5.41) is 3.52. The van der Waals surface area contributed by atoms with Crippen LogP contribution in [0, 0.1) is 0 Å². The molecule has 1 heterocycles. The van der Waals surface area contributed by atoms with Crippen LogP contribution in [0.4, 0.5) is 0 Å². The van der Waals surface area contributed by atoms with E-state index < -0.39 is 36.5 Å². The first-order chi connectivity index (χ1) is 9.03. The molecule has 9 heteroatoms. The summed E-state index contributed by atoms with van der Waals surface area (Å²) in [5.41, 5.74) is 8.53. The van der Waals surface area contributed by atoms with Crippen LogP contribution in [-0.2, 0) is 28.5 Å². The fourth-order valence-electron chi connectivity index (χ4n) is 1.80. The van der Waals surface area contributed by atoms with Gasteiger partial charge in [0.25, 0.3) is 0 Å². The molecule has 1 fully saturated rings. The molecule has 0 N–H and O–H groups in total.